The lowest BCUT2D eigenvalue weighted by atomic mass is 10.0. The highest BCUT2D eigenvalue weighted by atomic mass is 35.5. The van der Waals surface area contributed by atoms with Gasteiger partial charge in [0, 0.05) is 23.5 Å². The van der Waals surface area contributed by atoms with Gasteiger partial charge in [-0.15, -0.1) is 5.10 Å². The van der Waals surface area contributed by atoms with E-state index in [2.05, 4.69) is 44.0 Å². The summed E-state index contributed by atoms with van der Waals surface area (Å²) in [5, 5.41) is 38.2. The van der Waals surface area contributed by atoms with Gasteiger partial charge in [-0.2, -0.15) is 5.26 Å². The number of aromatic carboxylic acids is 1. The molecule has 0 spiro atoms. The number of hydrogen-bond acceptors (Lipinski definition) is 7. The maximum atomic E-state index is 11.6. The van der Waals surface area contributed by atoms with Gasteiger partial charge in [0.15, 0.2) is 0 Å². The van der Waals surface area contributed by atoms with Crippen molar-refractivity contribution in [2.75, 3.05) is 10.6 Å². The summed E-state index contributed by atoms with van der Waals surface area (Å²) in [6, 6.07) is 21.9. The molecular formula is C29H24ClN7O2. The van der Waals surface area contributed by atoms with Crippen molar-refractivity contribution in [3.05, 3.63) is 112 Å². The van der Waals surface area contributed by atoms with Gasteiger partial charge in [0.25, 0.3) is 0 Å². The summed E-state index contributed by atoms with van der Waals surface area (Å²) in [4.78, 5) is 16.1. The number of nitrogens with zero attached hydrogens (tertiary/aromatic N) is 4. The minimum atomic E-state index is -1.03. The zero-order chi connectivity index (χ0) is 27.4. The van der Waals surface area contributed by atoms with Gasteiger partial charge in [0.05, 0.1) is 39.4 Å². The molecule has 0 unspecified atom stereocenters. The van der Waals surface area contributed by atoms with Gasteiger partial charge in [0.1, 0.15) is 11.8 Å². The summed E-state index contributed by atoms with van der Waals surface area (Å²) >= 11 is 6.71. The first-order chi connectivity index (χ1) is 19.0. The van der Waals surface area contributed by atoms with Gasteiger partial charge in [-0.1, -0.05) is 66.2 Å². The third kappa shape index (κ3) is 5.37. The van der Waals surface area contributed by atoms with E-state index in [1.54, 1.807) is 24.4 Å². The van der Waals surface area contributed by atoms with Crippen molar-refractivity contribution in [3.8, 4) is 6.07 Å². The van der Waals surface area contributed by atoms with E-state index in [-0.39, 0.29) is 11.6 Å². The van der Waals surface area contributed by atoms with Crippen LogP contribution in [-0.2, 0) is 0 Å². The van der Waals surface area contributed by atoms with Gasteiger partial charge in [0.2, 0.25) is 0 Å². The number of carboxylic acids is 1. The number of fused-ring (bicyclic) bond motifs is 1. The Labute approximate surface area is 229 Å². The van der Waals surface area contributed by atoms with E-state index >= 15 is 0 Å². The Hall–Kier alpha value is -4.94. The molecule has 5 rings (SSSR count). The minimum absolute atomic E-state index is 0.0408. The zero-order valence-corrected chi connectivity index (χ0v) is 21.6. The monoisotopic (exact) mass is 537 g/mol. The summed E-state index contributed by atoms with van der Waals surface area (Å²) in [6.07, 6.45) is 3.96. The molecule has 10 heteroatoms. The lowest BCUT2D eigenvalue weighted by Gasteiger charge is -2.22. The molecule has 0 saturated carbocycles. The lowest BCUT2D eigenvalue weighted by molar-refractivity contribution is 0.0696. The molecule has 0 saturated heterocycles. The molecule has 5 aromatic rings. The molecule has 0 aliphatic heterocycles. The van der Waals surface area contributed by atoms with E-state index in [9.17, 15) is 15.2 Å². The van der Waals surface area contributed by atoms with E-state index in [0.29, 0.717) is 44.1 Å². The molecule has 0 aliphatic carbocycles. The number of halogens is 1. The van der Waals surface area contributed by atoms with Crippen LogP contribution in [0.3, 0.4) is 0 Å². The highest BCUT2D eigenvalue weighted by Gasteiger charge is 2.21. The number of aromatic amines is 1. The third-order valence-corrected chi connectivity index (χ3v) is 6.77. The molecule has 0 amide bonds. The Morgan fingerprint density at radius 2 is 1.90 bits per heavy atom. The van der Waals surface area contributed by atoms with Crippen molar-refractivity contribution in [1.29, 1.82) is 5.26 Å². The van der Waals surface area contributed by atoms with Gasteiger partial charge in [-0.05, 0) is 41.8 Å². The van der Waals surface area contributed by atoms with E-state index in [0.717, 1.165) is 12.0 Å². The van der Waals surface area contributed by atoms with Gasteiger partial charge < -0.3 is 15.7 Å². The number of carbonyl (C=O) groups is 1. The molecule has 194 valence electrons. The number of anilines is 2. The molecule has 4 N–H and O–H groups in total. The number of aromatic nitrogens is 4. The number of carboxylic acid groups (broad SMARTS) is 1. The Morgan fingerprint density at radius 3 is 2.59 bits per heavy atom. The normalized spacial score (nSPS) is 12.4. The Morgan fingerprint density at radius 1 is 1.10 bits per heavy atom. The number of rotatable bonds is 9. The number of nitrogens with one attached hydrogen (secondary N) is 3. The fourth-order valence-electron chi connectivity index (χ4n) is 4.56. The summed E-state index contributed by atoms with van der Waals surface area (Å²) in [7, 11) is 0. The van der Waals surface area contributed by atoms with Crippen molar-refractivity contribution in [3.63, 3.8) is 0 Å². The van der Waals surface area contributed by atoms with Crippen molar-refractivity contribution in [1.82, 2.24) is 20.4 Å². The predicted molar refractivity (Wildman–Crippen MR) is 150 cm³/mol. The van der Waals surface area contributed by atoms with Crippen LogP contribution >= 0.6 is 11.6 Å². The maximum Gasteiger partial charge on any atom is 0.335 e. The molecule has 9 nitrogen and oxygen atoms in total. The average Bonchev–Trinajstić information content (AvgIpc) is 3.50. The number of nitriles is 1. The fourth-order valence-corrected chi connectivity index (χ4v) is 4.83. The summed E-state index contributed by atoms with van der Waals surface area (Å²) < 4.78 is 0. The smallest absolute Gasteiger partial charge is 0.335 e. The van der Waals surface area contributed by atoms with Crippen molar-refractivity contribution < 1.29 is 9.90 Å². The van der Waals surface area contributed by atoms with Gasteiger partial charge in [-0.25, -0.2) is 4.79 Å². The molecule has 39 heavy (non-hydrogen) atoms. The number of hydrogen-bond donors (Lipinski definition) is 4. The van der Waals surface area contributed by atoms with Crippen LogP contribution in [0.1, 0.15) is 58.2 Å². The van der Waals surface area contributed by atoms with Gasteiger partial charge >= 0.3 is 5.97 Å². The van der Waals surface area contributed by atoms with E-state index in [1.165, 1.54) is 12.3 Å². The van der Waals surface area contributed by atoms with Crippen LogP contribution in [0, 0.1) is 11.3 Å². The molecular weight excluding hydrogens is 514 g/mol. The largest absolute Gasteiger partial charge is 0.478 e. The average molecular weight is 538 g/mol. The second-order valence-corrected chi connectivity index (χ2v) is 9.34. The van der Waals surface area contributed by atoms with E-state index in [1.807, 2.05) is 42.5 Å². The van der Waals surface area contributed by atoms with Crippen molar-refractivity contribution in [2.45, 2.75) is 25.4 Å². The Balaban J connectivity index is 1.60. The molecule has 2 heterocycles. The second-order valence-electron chi connectivity index (χ2n) is 8.94. The van der Waals surface area contributed by atoms with Crippen LogP contribution in [0.2, 0.25) is 5.02 Å². The molecule has 2 aromatic heterocycles. The molecule has 2 atom stereocenters. The first kappa shape index (κ1) is 25.7. The molecule has 0 fully saturated rings. The molecule has 3 aromatic carbocycles. The topological polar surface area (TPSA) is 140 Å². The summed E-state index contributed by atoms with van der Waals surface area (Å²) in [5.74, 6) is -1.03. The minimum Gasteiger partial charge on any atom is -0.478 e. The van der Waals surface area contributed by atoms with Crippen molar-refractivity contribution >= 4 is 39.8 Å². The standard InChI is InChI=1S/C29H24ClN7O2/c1-2-24(17-7-4-3-5-8-17)35-26-20(14-31)15-32-28-22(26)12-21(13-23(28)30)34-27(25-16-33-37-36-25)18-9-6-10-19(11-18)29(38)39/h3-13,15-16,24,27,34H,2H2,1H3,(H,32,35)(H,38,39)(H,33,36,37)/t24-,27+/m1/s1. The third-order valence-electron chi connectivity index (χ3n) is 6.48. The van der Waals surface area contributed by atoms with Crippen molar-refractivity contribution in [2.24, 2.45) is 0 Å². The molecule has 0 aliphatic rings. The SMILES string of the molecule is CC[C@@H](Nc1c(C#N)cnc2c(Cl)cc(N[C@@H](c3cccc(C(=O)O)c3)c3c[nH]nn3)cc12)c1ccccc1. The quantitative estimate of drug-likeness (QED) is 0.171. The zero-order valence-electron chi connectivity index (χ0n) is 20.9. The predicted octanol–water partition coefficient (Wildman–Crippen LogP) is 6.34. The Kier molecular flexibility index (Phi) is 7.39. The van der Waals surface area contributed by atoms with Crippen LogP contribution in [0.4, 0.5) is 11.4 Å². The highest BCUT2D eigenvalue weighted by molar-refractivity contribution is 6.35. The first-order valence-corrected chi connectivity index (χ1v) is 12.7. The van der Waals surface area contributed by atoms with Gasteiger partial charge in [-0.3, -0.25) is 10.1 Å². The number of pyridine rings is 1. The fraction of sp³-hybridized carbons (Fsp3) is 0.138. The van der Waals surface area contributed by atoms with E-state index in [4.69, 9.17) is 11.6 Å². The summed E-state index contributed by atoms with van der Waals surface area (Å²) in [6.45, 7) is 2.08. The first-order valence-electron chi connectivity index (χ1n) is 12.3. The summed E-state index contributed by atoms with van der Waals surface area (Å²) in [5.41, 5.74) is 4.70. The molecule has 0 radical (unpaired) electrons. The van der Waals surface area contributed by atoms with Crippen LogP contribution in [0.15, 0.2) is 79.1 Å². The van der Waals surface area contributed by atoms with E-state index < -0.39 is 12.0 Å². The maximum absolute atomic E-state index is 11.6. The van der Waals surface area contributed by atoms with Crippen LogP contribution in [-0.4, -0.2) is 31.5 Å². The highest BCUT2D eigenvalue weighted by Crippen LogP contribution is 2.37. The number of benzene rings is 3. The Bertz CT molecular complexity index is 1670. The van der Waals surface area contributed by atoms with Crippen LogP contribution in [0.25, 0.3) is 10.9 Å². The van der Waals surface area contributed by atoms with Crippen LogP contribution < -0.4 is 10.6 Å². The number of H-pyrrole nitrogens is 1. The van der Waals surface area contributed by atoms with Crippen LogP contribution in [0.5, 0.6) is 0 Å². The second kappa shape index (κ2) is 11.2. The lowest BCUT2D eigenvalue weighted by Crippen LogP contribution is -2.14. The molecule has 0 bridgehead atoms.